The van der Waals surface area contributed by atoms with E-state index < -0.39 is 0 Å². The van der Waals surface area contributed by atoms with Crippen molar-refractivity contribution in [3.05, 3.63) is 0 Å². The van der Waals surface area contributed by atoms with Crippen molar-refractivity contribution in [1.29, 1.82) is 0 Å². The molecule has 0 heterocycles. The molecule has 0 unspecified atom stereocenters. The van der Waals surface area contributed by atoms with Crippen LogP contribution in [0, 0.1) is 0 Å². The van der Waals surface area contributed by atoms with Crippen molar-refractivity contribution in [1.82, 2.24) is 0 Å². The molecule has 0 saturated heterocycles. The fourth-order valence-corrected chi connectivity index (χ4v) is 1.57. The molecule has 0 spiro atoms. The van der Waals surface area contributed by atoms with Gasteiger partial charge in [0.2, 0.25) is 0 Å². The lowest BCUT2D eigenvalue weighted by atomic mass is 10.2. The van der Waals surface area contributed by atoms with Crippen molar-refractivity contribution >= 4 is 9.76 Å². The van der Waals surface area contributed by atoms with Gasteiger partial charge in [0.15, 0.2) is 9.76 Å². The molecule has 0 aromatic carbocycles. The Bertz CT molecular complexity index is 49.2. The first-order chi connectivity index (χ1) is 4.91. The molecular formula is C8H20OSi. The predicted molar refractivity (Wildman–Crippen MR) is 49.1 cm³/mol. The van der Waals surface area contributed by atoms with Gasteiger partial charge < -0.3 is 4.43 Å². The first-order valence-corrected chi connectivity index (χ1v) is 6.07. The van der Waals surface area contributed by atoms with Gasteiger partial charge >= 0.3 is 0 Å². The molecule has 0 fully saturated rings. The van der Waals surface area contributed by atoms with E-state index in [1.165, 1.54) is 31.7 Å². The van der Waals surface area contributed by atoms with E-state index in [4.69, 9.17) is 4.43 Å². The zero-order valence-electron chi connectivity index (χ0n) is 7.36. The lowest BCUT2D eigenvalue weighted by molar-refractivity contribution is 0.321. The van der Waals surface area contributed by atoms with Gasteiger partial charge in [-0.2, -0.15) is 0 Å². The van der Waals surface area contributed by atoms with Gasteiger partial charge in [-0.15, -0.1) is 0 Å². The summed E-state index contributed by atoms with van der Waals surface area (Å²) in [6.07, 6.45) is 5.33. The van der Waals surface area contributed by atoms with Crippen LogP contribution in [0.4, 0.5) is 0 Å². The summed E-state index contributed by atoms with van der Waals surface area (Å²) < 4.78 is 5.47. The molecule has 0 aliphatic carbocycles. The van der Waals surface area contributed by atoms with Crippen molar-refractivity contribution in [2.45, 2.75) is 45.6 Å². The number of hydrogen-bond acceptors (Lipinski definition) is 1. The Morgan fingerprint density at radius 1 is 1.10 bits per heavy atom. The summed E-state index contributed by atoms with van der Waals surface area (Å²) in [7, 11) is -0.113. The Morgan fingerprint density at radius 3 is 2.50 bits per heavy atom. The molecule has 2 heteroatoms. The second kappa shape index (κ2) is 9.18. The molecule has 62 valence electrons. The molecule has 0 aromatic rings. The van der Waals surface area contributed by atoms with Crippen LogP contribution in [0.1, 0.15) is 39.5 Å². The van der Waals surface area contributed by atoms with Gasteiger partial charge in [0.1, 0.15) is 0 Å². The molecule has 1 nitrogen and oxygen atoms in total. The largest absolute Gasteiger partial charge is 0.424 e. The zero-order chi connectivity index (χ0) is 7.66. The van der Waals surface area contributed by atoms with Gasteiger partial charge in [0.05, 0.1) is 0 Å². The van der Waals surface area contributed by atoms with Crippen molar-refractivity contribution in [3.63, 3.8) is 0 Å². The number of unbranched alkanes of at least 4 members (excludes halogenated alkanes) is 3. The van der Waals surface area contributed by atoms with Gasteiger partial charge in [0, 0.05) is 6.61 Å². The predicted octanol–water partition coefficient (Wildman–Crippen LogP) is 2.11. The zero-order valence-corrected chi connectivity index (χ0v) is 8.77. The van der Waals surface area contributed by atoms with Crippen LogP contribution in [0.3, 0.4) is 0 Å². The van der Waals surface area contributed by atoms with E-state index in [0.29, 0.717) is 0 Å². The minimum absolute atomic E-state index is 0.113. The molecule has 0 aliphatic rings. The minimum atomic E-state index is -0.113. The summed E-state index contributed by atoms with van der Waals surface area (Å²) in [5.74, 6) is 0. The maximum atomic E-state index is 5.47. The highest BCUT2D eigenvalue weighted by molar-refractivity contribution is 6.26. The van der Waals surface area contributed by atoms with Gasteiger partial charge in [-0.1, -0.05) is 33.1 Å². The third kappa shape index (κ3) is 8.18. The smallest absolute Gasteiger partial charge is 0.161 e. The Morgan fingerprint density at radius 2 is 1.90 bits per heavy atom. The maximum Gasteiger partial charge on any atom is 0.161 e. The molecule has 10 heavy (non-hydrogen) atoms. The highest BCUT2D eigenvalue weighted by atomic mass is 28.2. The van der Waals surface area contributed by atoms with E-state index in [2.05, 4.69) is 13.8 Å². The van der Waals surface area contributed by atoms with Gasteiger partial charge in [0.25, 0.3) is 0 Å². The van der Waals surface area contributed by atoms with Crippen LogP contribution in [-0.4, -0.2) is 16.4 Å². The average Bonchev–Trinajstić information content (AvgIpc) is 1.97. The minimum Gasteiger partial charge on any atom is -0.424 e. The van der Waals surface area contributed by atoms with E-state index in [9.17, 15) is 0 Å². The molecule has 0 radical (unpaired) electrons. The molecule has 0 aliphatic heterocycles. The van der Waals surface area contributed by atoms with E-state index >= 15 is 0 Å². The van der Waals surface area contributed by atoms with Gasteiger partial charge in [-0.05, 0) is 12.5 Å². The molecule has 0 amide bonds. The molecule has 0 aromatic heterocycles. The van der Waals surface area contributed by atoms with Crippen molar-refractivity contribution < 1.29 is 4.43 Å². The van der Waals surface area contributed by atoms with Crippen LogP contribution in [0.25, 0.3) is 0 Å². The average molecular weight is 160 g/mol. The second-order valence-electron chi connectivity index (χ2n) is 2.67. The standard InChI is InChI=1S/C8H20OSi/c1-3-5-6-7-8-9-10-4-2/h3-8,10H2,1-2H3. The van der Waals surface area contributed by atoms with Crippen LogP contribution in [0.2, 0.25) is 6.04 Å². The van der Waals surface area contributed by atoms with Crippen LogP contribution >= 0.6 is 0 Å². The molecular weight excluding hydrogens is 140 g/mol. The maximum absolute atomic E-state index is 5.47. The third-order valence-corrected chi connectivity index (χ3v) is 2.48. The topological polar surface area (TPSA) is 9.23 Å². The Balaban J connectivity index is 2.65. The Labute approximate surface area is 67.1 Å². The third-order valence-electron chi connectivity index (χ3n) is 1.49. The SMILES string of the molecule is CCCCCCO[SiH2]CC. The van der Waals surface area contributed by atoms with E-state index in [0.717, 1.165) is 6.61 Å². The highest BCUT2D eigenvalue weighted by Crippen LogP contribution is 1.98. The fraction of sp³-hybridized carbons (Fsp3) is 1.00. The van der Waals surface area contributed by atoms with E-state index in [-0.39, 0.29) is 9.76 Å². The van der Waals surface area contributed by atoms with Gasteiger partial charge in [-0.25, -0.2) is 0 Å². The Kier molecular flexibility index (Phi) is 9.34. The summed E-state index contributed by atoms with van der Waals surface area (Å²) in [5.41, 5.74) is 0. The summed E-state index contributed by atoms with van der Waals surface area (Å²) >= 11 is 0. The summed E-state index contributed by atoms with van der Waals surface area (Å²) in [6.45, 7) is 5.47. The van der Waals surface area contributed by atoms with Crippen molar-refractivity contribution in [2.24, 2.45) is 0 Å². The highest BCUT2D eigenvalue weighted by Gasteiger charge is 1.87. The molecule has 0 saturated carbocycles. The summed E-state index contributed by atoms with van der Waals surface area (Å²) in [5, 5.41) is 0. The quantitative estimate of drug-likeness (QED) is 0.409. The molecule has 0 rings (SSSR count). The molecule has 0 atom stereocenters. The lowest BCUT2D eigenvalue weighted by Crippen LogP contribution is -1.98. The van der Waals surface area contributed by atoms with Crippen molar-refractivity contribution in [2.75, 3.05) is 6.61 Å². The van der Waals surface area contributed by atoms with Crippen LogP contribution < -0.4 is 0 Å². The summed E-state index contributed by atoms with van der Waals surface area (Å²) in [4.78, 5) is 0. The second-order valence-corrected chi connectivity index (χ2v) is 4.49. The molecule has 0 bridgehead atoms. The number of hydrogen-bond donors (Lipinski definition) is 0. The lowest BCUT2D eigenvalue weighted by Gasteiger charge is -2.00. The fourth-order valence-electron chi connectivity index (χ4n) is 0.877. The normalized spacial score (nSPS) is 11.4. The van der Waals surface area contributed by atoms with Gasteiger partial charge in [-0.3, -0.25) is 0 Å². The van der Waals surface area contributed by atoms with E-state index in [1.807, 2.05) is 0 Å². The number of rotatable bonds is 7. The molecule has 0 N–H and O–H groups in total. The Hall–Kier alpha value is 0.177. The first kappa shape index (κ1) is 10.2. The van der Waals surface area contributed by atoms with E-state index in [1.54, 1.807) is 0 Å². The van der Waals surface area contributed by atoms with Crippen molar-refractivity contribution in [3.8, 4) is 0 Å². The van der Waals surface area contributed by atoms with Crippen LogP contribution in [0.5, 0.6) is 0 Å². The van der Waals surface area contributed by atoms with Crippen LogP contribution in [0.15, 0.2) is 0 Å². The monoisotopic (exact) mass is 160 g/mol. The van der Waals surface area contributed by atoms with Crippen LogP contribution in [-0.2, 0) is 4.43 Å². The summed E-state index contributed by atoms with van der Waals surface area (Å²) in [6, 6.07) is 1.29. The first-order valence-electron chi connectivity index (χ1n) is 4.49.